The van der Waals surface area contributed by atoms with Crippen LogP contribution in [-0.2, 0) is 19.6 Å². The Bertz CT molecular complexity index is 808. The molecule has 1 aliphatic rings. The second-order valence-corrected chi connectivity index (χ2v) is 8.49. The van der Waals surface area contributed by atoms with Gasteiger partial charge in [0.15, 0.2) is 6.61 Å². The van der Waals surface area contributed by atoms with Crippen molar-refractivity contribution in [3.63, 3.8) is 0 Å². The van der Waals surface area contributed by atoms with Crippen molar-refractivity contribution >= 4 is 21.9 Å². The fraction of sp³-hybridized carbons (Fsp3) is 0.556. The summed E-state index contributed by atoms with van der Waals surface area (Å²) in [4.78, 5) is 24.2. The largest absolute Gasteiger partial charge is 0.496 e. The number of nitrogens with two attached hydrogens (primary N) is 1. The molecule has 0 aliphatic heterocycles. The average molecular weight is 398 g/mol. The predicted molar refractivity (Wildman–Crippen MR) is 98.8 cm³/mol. The molecule has 150 valence electrons. The van der Waals surface area contributed by atoms with Gasteiger partial charge in [-0.1, -0.05) is 26.7 Å². The van der Waals surface area contributed by atoms with E-state index in [0.29, 0.717) is 11.8 Å². The highest BCUT2D eigenvalue weighted by molar-refractivity contribution is 7.89. The Labute approximate surface area is 159 Å². The molecule has 9 heteroatoms. The van der Waals surface area contributed by atoms with Gasteiger partial charge in [-0.25, -0.2) is 18.4 Å². The minimum Gasteiger partial charge on any atom is -0.496 e. The molecule has 0 heterocycles. The number of carbonyl (C=O) groups is 2. The SMILES string of the molecule is COc1ccc(S(N)(=O)=O)cc1C(=O)OCC(=O)N[C@H]1CCC[C@@H](C)[C@H]1C. The number of primary sulfonamides is 1. The lowest BCUT2D eigenvalue weighted by atomic mass is 9.78. The van der Waals surface area contributed by atoms with E-state index in [2.05, 4.69) is 19.2 Å². The number of esters is 1. The van der Waals surface area contributed by atoms with Crippen LogP contribution in [0, 0.1) is 11.8 Å². The minimum atomic E-state index is -3.99. The van der Waals surface area contributed by atoms with Crippen LogP contribution in [0.2, 0.25) is 0 Å². The standard InChI is InChI=1S/C18H26N2O6S/c1-11-5-4-6-15(12(11)2)20-17(21)10-26-18(22)14-9-13(27(19,23)24)7-8-16(14)25-3/h7-9,11-12,15H,4-6,10H2,1-3H3,(H,20,21)(H2,19,23,24)/t11-,12-,15+/m1/s1. The first-order valence-corrected chi connectivity index (χ1v) is 10.4. The van der Waals surface area contributed by atoms with Gasteiger partial charge in [0.05, 0.1) is 12.0 Å². The number of amides is 1. The van der Waals surface area contributed by atoms with Crippen LogP contribution in [0.25, 0.3) is 0 Å². The number of ether oxygens (including phenoxy) is 2. The first-order chi connectivity index (χ1) is 12.6. The highest BCUT2D eigenvalue weighted by atomic mass is 32.2. The van der Waals surface area contributed by atoms with Crippen molar-refractivity contribution in [2.75, 3.05) is 13.7 Å². The third-order valence-corrected chi connectivity index (χ3v) is 6.02. The fourth-order valence-electron chi connectivity index (χ4n) is 3.27. The maximum absolute atomic E-state index is 12.3. The maximum Gasteiger partial charge on any atom is 0.342 e. The van der Waals surface area contributed by atoms with E-state index >= 15 is 0 Å². The topological polar surface area (TPSA) is 125 Å². The van der Waals surface area contributed by atoms with Crippen LogP contribution in [0.4, 0.5) is 0 Å². The Morgan fingerprint density at radius 1 is 1.26 bits per heavy atom. The zero-order valence-corrected chi connectivity index (χ0v) is 16.5. The van der Waals surface area contributed by atoms with E-state index in [1.807, 2.05) is 0 Å². The number of benzene rings is 1. The van der Waals surface area contributed by atoms with E-state index in [1.165, 1.54) is 19.2 Å². The molecule has 0 radical (unpaired) electrons. The number of carbonyl (C=O) groups excluding carboxylic acids is 2. The lowest BCUT2D eigenvalue weighted by Crippen LogP contribution is -2.45. The zero-order valence-electron chi connectivity index (χ0n) is 15.7. The molecule has 1 aromatic rings. The quantitative estimate of drug-likeness (QED) is 0.699. The van der Waals surface area contributed by atoms with E-state index in [1.54, 1.807) is 0 Å². The van der Waals surface area contributed by atoms with Crippen molar-refractivity contribution in [2.45, 2.75) is 44.0 Å². The van der Waals surface area contributed by atoms with E-state index in [-0.39, 0.29) is 22.3 Å². The van der Waals surface area contributed by atoms with Crippen LogP contribution >= 0.6 is 0 Å². The lowest BCUT2D eigenvalue weighted by Gasteiger charge is -2.34. The summed E-state index contributed by atoms with van der Waals surface area (Å²) in [6.07, 6.45) is 3.09. The molecule has 3 N–H and O–H groups in total. The molecule has 1 fully saturated rings. The summed E-state index contributed by atoms with van der Waals surface area (Å²) in [7, 11) is -2.65. The molecule has 0 spiro atoms. The van der Waals surface area contributed by atoms with Gasteiger partial charge in [-0.05, 0) is 36.5 Å². The molecule has 0 aromatic heterocycles. The summed E-state index contributed by atoms with van der Waals surface area (Å²) in [5.41, 5.74) is -0.114. The van der Waals surface area contributed by atoms with Crippen molar-refractivity contribution < 1.29 is 27.5 Å². The Morgan fingerprint density at radius 3 is 2.59 bits per heavy atom. The van der Waals surface area contributed by atoms with Crippen LogP contribution < -0.4 is 15.2 Å². The highest BCUT2D eigenvalue weighted by Gasteiger charge is 2.28. The summed E-state index contributed by atoms with van der Waals surface area (Å²) >= 11 is 0. The fourth-order valence-corrected chi connectivity index (χ4v) is 3.81. The number of rotatable bonds is 6. The first kappa shape index (κ1) is 21.2. The summed E-state index contributed by atoms with van der Waals surface area (Å²) < 4.78 is 33.0. The van der Waals surface area contributed by atoms with Crippen molar-refractivity contribution in [2.24, 2.45) is 17.0 Å². The van der Waals surface area contributed by atoms with Crippen molar-refractivity contribution in [1.82, 2.24) is 5.32 Å². The summed E-state index contributed by atoms with van der Waals surface area (Å²) in [6.45, 7) is 3.80. The van der Waals surface area contributed by atoms with Crippen LogP contribution in [-0.4, -0.2) is 40.1 Å². The molecule has 3 atom stereocenters. The number of hydrogen-bond donors (Lipinski definition) is 2. The van der Waals surface area contributed by atoms with Gasteiger partial charge >= 0.3 is 5.97 Å². The number of sulfonamides is 1. The van der Waals surface area contributed by atoms with Crippen LogP contribution in [0.15, 0.2) is 23.1 Å². The third kappa shape index (κ3) is 5.43. The molecule has 1 amide bonds. The third-order valence-electron chi connectivity index (χ3n) is 5.11. The monoisotopic (exact) mass is 398 g/mol. The number of methoxy groups -OCH3 is 1. The molecule has 8 nitrogen and oxygen atoms in total. The number of nitrogens with one attached hydrogen (secondary N) is 1. The predicted octanol–water partition coefficient (Wildman–Crippen LogP) is 1.44. The lowest BCUT2D eigenvalue weighted by molar-refractivity contribution is -0.125. The van der Waals surface area contributed by atoms with E-state index < -0.39 is 28.5 Å². The number of hydrogen-bond acceptors (Lipinski definition) is 6. The molecule has 2 rings (SSSR count). The van der Waals surface area contributed by atoms with Crippen LogP contribution in [0.5, 0.6) is 5.75 Å². The highest BCUT2D eigenvalue weighted by Crippen LogP contribution is 2.29. The molecular weight excluding hydrogens is 372 g/mol. The summed E-state index contributed by atoms with van der Waals surface area (Å²) in [5.74, 6) is -0.252. The van der Waals surface area contributed by atoms with Gasteiger partial charge in [-0.3, -0.25) is 4.79 Å². The van der Waals surface area contributed by atoms with Crippen molar-refractivity contribution in [3.8, 4) is 5.75 Å². The Kier molecular flexibility index (Phi) is 6.83. The van der Waals surface area contributed by atoms with Crippen molar-refractivity contribution in [1.29, 1.82) is 0 Å². The van der Waals surface area contributed by atoms with Crippen molar-refractivity contribution in [3.05, 3.63) is 23.8 Å². The van der Waals surface area contributed by atoms with Crippen LogP contribution in [0.1, 0.15) is 43.5 Å². The molecule has 27 heavy (non-hydrogen) atoms. The smallest absolute Gasteiger partial charge is 0.342 e. The normalized spacial score (nSPS) is 22.7. The molecule has 1 saturated carbocycles. The molecule has 0 bridgehead atoms. The van der Waals surface area contributed by atoms with E-state index in [9.17, 15) is 18.0 Å². The second-order valence-electron chi connectivity index (χ2n) is 6.92. The second kappa shape index (κ2) is 8.71. The van der Waals surface area contributed by atoms with Gasteiger partial charge in [-0.15, -0.1) is 0 Å². The van der Waals surface area contributed by atoms with Gasteiger partial charge < -0.3 is 14.8 Å². The minimum absolute atomic E-state index is 0.0557. The van der Waals surface area contributed by atoms with Crippen LogP contribution in [0.3, 0.4) is 0 Å². The van der Waals surface area contributed by atoms with Gasteiger partial charge in [0.2, 0.25) is 10.0 Å². The Morgan fingerprint density at radius 2 is 1.96 bits per heavy atom. The first-order valence-electron chi connectivity index (χ1n) is 8.80. The molecular formula is C18H26N2O6S. The summed E-state index contributed by atoms with van der Waals surface area (Å²) in [6, 6.07) is 3.66. The van der Waals surface area contributed by atoms with Gasteiger partial charge in [0.25, 0.3) is 5.91 Å². The summed E-state index contributed by atoms with van der Waals surface area (Å²) in [5, 5.41) is 7.99. The molecule has 0 unspecified atom stereocenters. The zero-order chi connectivity index (χ0) is 20.2. The van der Waals surface area contributed by atoms with E-state index in [4.69, 9.17) is 14.6 Å². The average Bonchev–Trinajstić information content (AvgIpc) is 2.62. The maximum atomic E-state index is 12.3. The van der Waals surface area contributed by atoms with Gasteiger partial charge in [-0.2, -0.15) is 0 Å². The molecule has 0 saturated heterocycles. The van der Waals surface area contributed by atoms with E-state index in [0.717, 1.165) is 25.3 Å². The molecule has 1 aliphatic carbocycles. The van der Waals surface area contributed by atoms with Gasteiger partial charge in [0.1, 0.15) is 11.3 Å². The Hall–Kier alpha value is -2.13. The Balaban J connectivity index is 2.01. The molecule has 1 aromatic carbocycles. The van der Waals surface area contributed by atoms with Gasteiger partial charge in [0, 0.05) is 6.04 Å².